The molecule has 1 aliphatic carbocycles. The lowest BCUT2D eigenvalue weighted by Gasteiger charge is -2.31. The average Bonchev–Trinajstić information content (AvgIpc) is 2.79. The Morgan fingerprint density at radius 1 is 1.03 bits per heavy atom. The van der Waals surface area contributed by atoms with Crippen LogP contribution in [0.25, 0.3) is 0 Å². The number of amides is 2. The molecule has 31 heavy (non-hydrogen) atoms. The van der Waals surface area contributed by atoms with Gasteiger partial charge in [-0.2, -0.15) is 0 Å². The molecule has 1 heterocycles. The molecule has 2 N–H and O–H groups in total. The van der Waals surface area contributed by atoms with Gasteiger partial charge in [-0.15, -0.1) is 0 Å². The Bertz CT molecular complexity index is 760. The fourth-order valence-corrected chi connectivity index (χ4v) is 4.46. The molecule has 2 aliphatic rings. The summed E-state index contributed by atoms with van der Waals surface area (Å²) in [5, 5.41) is 5.82. The number of hydrogen-bond donors (Lipinski definition) is 2. The number of esters is 1. The number of methoxy groups -OCH3 is 1. The summed E-state index contributed by atoms with van der Waals surface area (Å²) >= 11 is 0. The van der Waals surface area contributed by atoms with Gasteiger partial charge in [0.2, 0.25) is 11.8 Å². The molecule has 2 amide bonds. The molecule has 1 fully saturated rings. The maximum Gasteiger partial charge on any atom is 0.328 e. The first-order valence-corrected chi connectivity index (χ1v) is 11.5. The normalized spacial score (nSPS) is 24.4. The third kappa shape index (κ3) is 6.97. The lowest BCUT2D eigenvalue weighted by molar-refractivity contribution is -0.145. The van der Waals surface area contributed by atoms with Gasteiger partial charge in [0.15, 0.2) is 0 Å². The Kier molecular flexibility index (Phi) is 8.74. The summed E-state index contributed by atoms with van der Waals surface area (Å²) in [5.74, 6) is -0.104. The molecule has 0 saturated heterocycles. The second kappa shape index (κ2) is 11.7. The van der Waals surface area contributed by atoms with E-state index in [0.29, 0.717) is 19.4 Å². The zero-order valence-electron chi connectivity index (χ0n) is 18.4. The summed E-state index contributed by atoms with van der Waals surface area (Å²) in [6.07, 6.45) is 8.23. The van der Waals surface area contributed by atoms with Crippen LogP contribution < -0.4 is 15.4 Å². The van der Waals surface area contributed by atoms with Crippen LogP contribution in [0.1, 0.15) is 63.4 Å². The monoisotopic (exact) mass is 430 g/mol. The number of fused-ring (bicyclic) bond motifs is 2. The van der Waals surface area contributed by atoms with Crippen molar-refractivity contribution in [2.75, 3.05) is 13.7 Å². The van der Waals surface area contributed by atoms with Crippen LogP contribution in [0.15, 0.2) is 24.3 Å². The van der Waals surface area contributed by atoms with Gasteiger partial charge in [-0.05, 0) is 55.7 Å². The molecular weight excluding hydrogens is 396 g/mol. The summed E-state index contributed by atoms with van der Waals surface area (Å²) in [7, 11) is 1.31. The molecule has 7 nitrogen and oxygen atoms in total. The lowest BCUT2D eigenvalue weighted by atomic mass is 9.83. The number of carbonyl (C=O) groups excluding carboxylic acids is 3. The van der Waals surface area contributed by atoms with E-state index in [1.807, 2.05) is 24.3 Å². The Labute approximate surface area is 184 Å². The maximum atomic E-state index is 13.2. The van der Waals surface area contributed by atoms with Crippen LogP contribution in [0.3, 0.4) is 0 Å². The number of ether oxygens (including phenoxy) is 2. The van der Waals surface area contributed by atoms with Gasteiger partial charge in [0.25, 0.3) is 0 Å². The van der Waals surface area contributed by atoms with Crippen molar-refractivity contribution in [1.82, 2.24) is 10.6 Å². The molecule has 2 bridgehead atoms. The molecule has 1 saturated carbocycles. The molecule has 0 spiro atoms. The number of nitrogens with one attached hydrogen (secondary N) is 2. The summed E-state index contributed by atoms with van der Waals surface area (Å²) in [6, 6.07) is 6.11. The second-order valence-corrected chi connectivity index (χ2v) is 8.54. The minimum Gasteiger partial charge on any atom is -0.494 e. The van der Waals surface area contributed by atoms with Gasteiger partial charge in [-0.3, -0.25) is 9.59 Å². The smallest absolute Gasteiger partial charge is 0.328 e. The molecule has 0 aromatic heterocycles. The highest BCUT2D eigenvalue weighted by molar-refractivity contribution is 5.91. The Hall–Kier alpha value is -2.57. The molecular formula is C24H34N2O5. The van der Waals surface area contributed by atoms with E-state index in [4.69, 9.17) is 9.47 Å². The van der Waals surface area contributed by atoms with Crippen molar-refractivity contribution in [1.29, 1.82) is 0 Å². The first kappa shape index (κ1) is 23.1. The van der Waals surface area contributed by atoms with Crippen molar-refractivity contribution < 1.29 is 23.9 Å². The van der Waals surface area contributed by atoms with Crippen molar-refractivity contribution in [3.63, 3.8) is 0 Å². The van der Waals surface area contributed by atoms with E-state index < -0.39 is 18.1 Å². The van der Waals surface area contributed by atoms with Gasteiger partial charge < -0.3 is 20.1 Å². The molecule has 1 aliphatic heterocycles. The van der Waals surface area contributed by atoms with E-state index in [0.717, 1.165) is 62.7 Å². The molecule has 0 radical (unpaired) electrons. The first-order valence-electron chi connectivity index (χ1n) is 11.5. The van der Waals surface area contributed by atoms with Gasteiger partial charge in [0.05, 0.1) is 13.7 Å². The van der Waals surface area contributed by atoms with Crippen molar-refractivity contribution in [2.24, 2.45) is 5.92 Å². The summed E-state index contributed by atoms with van der Waals surface area (Å²) in [6.45, 7) is 0.576. The van der Waals surface area contributed by atoms with E-state index in [1.54, 1.807) is 0 Å². The van der Waals surface area contributed by atoms with E-state index in [2.05, 4.69) is 10.6 Å². The number of carbonyl (C=O) groups is 3. The Morgan fingerprint density at radius 3 is 2.58 bits per heavy atom. The number of hydrogen-bond acceptors (Lipinski definition) is 5. The molecule has 1 aromatic carbocycles. The van der Waals surface area contributed by atoms with Crippen molar-refractivity contribution in [3.8, 4) is 5.75 Å². The van der Waals surface area contributed by atoms with Crippen molar-refractivity contribution in [3.05, 3.63) is 29.8 Å². The molecule has 3 rings (SSSR count). The van der Waals surface area contributed by atoms with Crippen LogP contribution in [0.2, 0.25) is 0 Å². The van der Waals surface area contributed by atoms with Crippen molar-refractivity contribution in [2.45, 2.75) is 76.3 Å². The third-order valence-electron chi connectivity index (χ3n) is 6.18. The Morgan fingerprint density at radius 2 is 1.81 bits per heavy atom. The summed E-state index contributed by atoms with van der Waals surface area (Å²) in [4.78, 5) is 38.3. The van der Waals surface area contributed by atoms with E-state index >= 15 is 0 Å². The molecule has 0 unspecified atom stereocenters. The number of rotatable bonds is 2. The summed E-state index contributed by atoms with van der Waals surface area (Å²) < 4.78 is 10.8. The highest BCUT2D eigenvalue weighted by Gasteiger charge is 2.33. The summed E-state index contributed by atoms with van der Waals surface area (Å²) in [5.41, 5.74) is 0.874. The quantitative estimate of drug-likeness (QED) is 0.704. The van der Waals surface area contributed by atoms with Gasteiger partial charge in [-0.1, -0.05) is 31.4 Å². The van der Waals surface area contributed by atoms with Crippen molar-refractivity contribution >= 4 is 17.8 Å². The van der Waals surface area contributed by atoms with Crippen LogP contribution in [0.5, 0.6) is 5.75 Å². The van der Waals surface area contributed by atoms with Gasteiger partial charge in [0, 0.05) is 12.8 Å². The molecule has 2 atom stereocenters. The standard InChI is InChI=1S/C24H34N2O5/c1-30-24(29)20-16-17-9-8-12-19(15-17)31-14-7-3-6-13-21(27)26-22(23(28)25-20)18-10-4-2-5-11-18/h8-9,12,15,18,20,22H,2-7,10-11,13-14,16H2,1H3,(H,25,28)(H,26,27)/t20-,22-/m0/s1. The fraction of sp³-hybridized carbons (Fsp3) is 0.625. The topological polar surface area (TPSA) is 93.7 Å². The zero-order chi connectivity index (χ0) is 22.1. The van der Waals surface area contributed by atoms with Gasteiger partial charge in [-0.25, -0.2) is 4.79 Å². The van der Waals surface area contributed by atoms with Gasteiger partial charge >= 0.3 is 5.97 Å². The predicted molar refractivity (Wildman–Crippen MR) is 117 cm³/mol. The third-order valence-corrected chi connectivity index (χ3v) is 6.18. The molecule has 1 aromatic rings. The number of benzene rings is 1. The minimum absolute atomic E-state index is 0.0895. The maximum absolute atomic E-state index is 13.2. The highest BCUT2D eigenvalue weighted by atomic mass is 16.5. The van der Waals surface area contributed by atoms with E-state index in [9.17, 15) is 14.4 Å². The van der Waals surface area contributed by atoms with Crippen LogP contribution in [0, 0.1) is 5.92 Å². The van der Waals surface area contributed by atoms with Crippen LogP contribution in [-0.4, -0.2) is 43.6 Å². The highest BCUT2D eigenvalue weighted by Crippen LogP contribution is 2.27. The lowest BCUT2D eigenvalue weighted by Crippen LogP contribution is -2.55. The van der Waals surface area contributed by atoms with E-state index in [1.165, 1.54) is 7.11 Å². The second-order valence-electron chi connectivity index (χ2n) is 8.54. The first-order chi connectivity index (χ1) is 15.1. The largest absolute Gasteiger partial charge is 0.494 e. The average molecular weight is 431 g/mol. The van der Waals surface area contributed by atoms with Crippen LogP contribution in [0.4, 0.5) is 0 Å². The van der Waals surface area contributed by atoms with E-state index in [-0.39, 0.29) is 17.7 Å². The zero-order valence-corrected chi connectivity index (χ0v) is 18.4. The molecule has 170 valence electrons. The minimum atomic E-state index is -0.830. The predicted octanol–water partition coefficient (Wildman–Crippen LogP) is 2.90. The van der Waals surface area contributed by atoms with Gasteiger partial charge in [0.1, 0.15) is 17.8 Å². The molecule has 7 heteroatoms. The van der Waals surface area contributed by atoms with Crippen LogP contribution in [-0.2, 0) is 25.5 Å². The van der Waals surface area contributed by atoms with Crippen LogP contribution >= 0.6 is 0 Å². The fourth-order valence-electron chi connectivity index (χ4n) is 4.46. The Balaban J connectivity index is 1.83. The SMILES string of the molecule is COC(=O)[C@@H]1Cc2cccc(c2)OCCCCCC(=O)N[C@@H](C2CCCCC2)C(=O)N1.